The molecule has 1 atom stereocenters. The van der Waals surface area contributed by atoms with Crippen molar-refractivity contribution in [2.45, 2.75) is 38.6 Å². The van der Waals surface area contributed by atoms with Gasteiger partial charge in [0, 0.05) is 25.8 Å². The lowest BCUT2D eigenvalue weighted by molar-refractivity contribution is 0.366. The number of nitrogens with two attached hydrogens (primary N) is 1. The number of para-hydroxylation sites is 1. The molecule has 0 amide bonds. The zero-order chi connectivity index (χ0) is 14.5. The Kier molecular flexibility index (Phi) is 4.88. The second kappa shape index (κ2) is 6.64. The molecule has 1 unspecified atom stereocenters. The molecule has 0 fully saturated rings. The van der Waals surface area contributed by atoms with Crippen LogP contribution in [0.1, 0.15) is 31.7 Å². The number of likely N-dealkylation sites (N-methyl/N-ethyl adjacent to an activating group) is 1. The Morgan fingerprint density at radius 1 is 1.40 bits per heavy atom. The first-order valence-corrected chi connectivity index (χ1v) is 7.53. The molecule has 0 radical (unpaired) electrons. The van der Waals surface area contributed by atoms with Crippen molar-refractivity contribution in [3.8, 4) is 0 Å². The monoisotopic (exact) mass is 274 g/mol. The Morgan fingerprint density at radius 2 is 2.15 bits per heavy atom. The summed E-state index contributed by atoms with van der Waals surface area (Å²) >= 11 is 0. The van der Waals surface area contributed by atoms with Gasteiger partial charge in [0.2, 0.25) is 0 Å². The number of fused-ring (bicyclic) bond motifs is 1. The SMILES string of the molecule is CCCCCN(CC1Cc2ccccc2N1C)C(=N)N. The van der Waals surface area contributed by atoms with Crippen molar-refractivity contribution >= 4 is 11.6 Å². The van der Waals surface area contributed by atoms with Crippen molar-refractivity contribution < 1.29 is 0 Å². The Morgan fingerprint density at radius 3 is 2.80 bits per heavy atom. The predicted molar refractivity (Wildman–Crippen MR) is 85.3 cm³/mol. The molecule has 0 saturated carbocycles. The maximum absolute atomic E-state index is 7.76. The highest BCUT2D eigenvalue weighted by Gasteiger charge is 2.27. The van der Waals surface area contributed by atoms with E-state index in [2.05, 4.69) is 43.1 Å². The van der Waals surface area contributed by atoms with E-state index < -0.39 is 0 Å². The Labute approximate surface area is 122 Å². The van der Waals surface area contributed by atoms with Gasteiger partial charge in [0.15, 0.2) is 5.96 Å². The summed E-state index contributed by atoms with van der Waals surface area (Å²) in [5.74, 6) is 0.199. The van der Waals surface area contributed by atoms with Gasteiger partial charge >= 0.3 is 0 Å². The molecule has 1 aliphatic rings. The van der Waals surface area contributed by atoms with Gasteiger partial charge < -0.3 is 15.5 Å². The maximum Gasteiger partial charge on any atom is 0.188 e. The van der Waals surface area contributed by atoms with Crippen LogP contribution in [0.15, 0.2) is 24.3 Å². The predicted octanol–water partition coefficient (Wildman–Crippen LogP) is 2.43. The molecule has 2 rings (SSSR count). The lowest BCUT2D eigenvalue weighted by Gasteiger charge is -2.30. The largest absolute Gasteiger partial charge is 0.370 e. The minimum Gasteiger partial charge on any atom is -0.370 e. The molecule has 1 aromatic carbocycles. The van der Waals surface area contributed by atoms with E-state index in [1.165, 1.54) is 24.1 Å². The van der Waals surface area contributed by atoms with Gasteiger partial charge in [-0.1, -0.05) is 38.0 Å². The molecule has 0 saturated heterocycles. The lowest BCUT2D eigenvalue weighted by atomic mass is 10.1. The molecular weight excluding hydrogens is 248 g/mol. The van der Waals surface area contributed by atoms with Crippen LogP contribution >= 0.6 is 0 Å². The van der Waals surface area contributed by atoms with Crippen molar-refractivity contribution in [3.05, 3.63) is 29.8 Å². The summed E-state index contributed by atoms with van der Waals surface area (Å²) in [7, 11) is 2.14. The first kappa shape index (κ1) is 14.7. The third kappa shape index (κ3) is 3.24. The molecule has 1 aliphatic heterocycles. The number of unbranched alkanes of at least 4 members (excludes halogenated alkanes) is 2. The van der Waals surface area contributed by atoms with Crippen LogP contribution in [0.25, 0.3) is 0 Å². The van der Waals surface area contributed by atoms with Gasteiger partial charge in [0.25, 0.3) is 0 Å². The van der Waals surface area contributed by atoms with Crippen molar-refractivity contribution in [2.24, 2.45) is 5.73 Å². The second-order valence-electron chi connectivity index (χ2n) is 5.64. The molecule has 0 aromatic heterocycles. The van der Waals surface area contributed by atoms with Gasteiger partial charge in [-0.15, -0.1) is 0 Å². The fourth-order valence-electron chi connectivity index (χ4n) is 2.92. The van der Waals surface area contributed by atoms with E-state index in [1.54, 1.807) is 0 Å². The van der Waals surface area contributed by atoms with Crippen LogP contribution in [-0.4, -0.2) is 37.0 Å². The summed E-state index contributed by atoms with van der Waals surface area (Å²) in [5.41, 5.74) is 8.45. The summed E-state index contributed by atoms with van der Waals surface area (Å²) in [6.45, 7) is 3.92. The van der Waals surface area contributed by atoms with Crippen LogP contribution in [0.3, 0.4) is 0 Å². The quantitative estimate of drug-likeness (QED) is 0.476. The molecule has 0 aliphatic carbocycles. The summed E-state index contributed by atoms with van der Waals surface area (Å²) in [4.78, 5) is 4.34. The summed E-state index contributed by atoms with van der Waals surface area (Å²) in [6, 6.07) is 8.96. The van der Waals surface area contributed by atoms with Gasteiger partial charge in [-0.2, -0.15) is 0 Å². The Hall–Kier alpha value is -1.71. The van der Waals surface area contributed by atoms with Crippen LogP contribution < -0.4 is 10.6 Å². The zero-order valence-corrected chi connectivity index (χ0v) is 12.6. The number of nitrogens with zero attached hydrogens (tertiary/aromatic N) is 2. The molecular formula is C16H26N4. The number of anilines is 1. The molecule has 4 nitrogen and oxygen atoms in total. The maximum atomic E-state index is 7.76. The lowest BCUT2D eigenvalue weighted by Crippen LogP contribution is -2.46. The van der Waals surface area contributed by atoms with E-state index in [0.717, 1.165) is 25.9 Å². The van der Waals surface area contributed by atoms with E-state index in [4.69, 9.17) is 11.1 Å². The number of hydrogen-bond acceptors (Lipinski definition) is 2. The van der Waals surface area contributed by atoms with E-state index in [-0.39, 0.29) is 5.96 Å². The van der Waals surface area contributed by atoms with E-state index in [1.807, 2.05) is 4.90 Å². The number of nitrogens with one attached hydrogen (secondary N) is 1. The van der Waals surface area contributed by atoms with Crippen LogP contribution in [0.5, 0.6) is 0 Å². The van der Waals surface area contributed by atoms with E-state index in [9.17, 15) is 0 Å². The van der Waals surface area contributed by atoms with Gasteiger partial charge in [-0.3, -0.25) is 5.41 Å². The van der Waals surface area contributed by atoms with Crippen LogP contribution in [-0.2, 0) is 6.42 Å². The zero-order valence-electron chi connectivity index (χ0n) is 12.6. The van der Waals surface area contributed by atoms with Crippen molar-refractivity contribution in [2.75, 3.05) is 25.0 Å². The van der Waals surface area contributed by atoms with Crippen LogP contribution in [0.4, 0.5) is 5.69 Å². The Bertz CT molecular complexity index is 458. The summed E-state index contributed by atoms with van der Waals surface area (Å²) in [6.07, 6.45) is 4.55. The average molecular weight is 274 g/mol. The molecule has 1 aromatic rings. The second-order valence-corrected chi connectivity index (χ2v) is 5.64. The molecule has 110 valence electrons. The van der Waals surface area contributed by atoms with Gasteiger partial charge in [-0.05, 0) is 24.5 Å². The first-order valence-electron chi connectivity index (χ1n) is 7.53. The van der Waals surface area contributed by atoms with E-state index >= 15 is 0 Å². The van der Waals surface area contributed by atoms with E-state index in [0.29, 0.717) is 6.04 Å². The smallest absolute Gasteiger partial charge is 0.188 e. The molecule has 0 bridgehead atoms. The minimum absolute atomic E-state index is 0.199. The third-order valence-corrected chi connectivity index (χ3v) is 4.18. The Balaban J connectivity index is 1.97. The highest BCUT2D eigenvalue weighted by Crippen LogP contribution is 2.30. The number of hydrogen-bond donors (Lipinski definition) is 2. The minimum atomic E-state index is 0.199. The first-order chi connectivity index (χ1) is 9.63. The highest BCUT2D eigenvalue weighted by atomic mass is 15.3. The highest BCUT2D eigenvalue weighted by molar-refractivity contribution is 5.74. The third-order valence-electron chi connectivity index (χ3n) is 4.18. The standard InChI is InChI=1S/C16H26N4/c1-3-4-7-10-20(16(17)18)12-14-11-13-8-5-6-9-15(13)19(14)2/h5-6,8-9,14H,3-4,7,10-12H2,1-2H3,(H3,17,18). The summed E-state index contributed by atoms with van der Waals surface area (Å²) in [5, 5.41) is 7.76. The number of benzene rings is 1. The van der Waals surface area contributed by atoms with Crippen LogP contribution in [0.2, 0.25) is 0 Å². The summed E-state index contributed by atoms with van der Waals surface area (Å²) < 4.78 is 0. The molecule has 1 heterocycles. The van der Waals surface area contributed by atoms with Crippen molar-refractivity contribution in [1.29, 1.82) is 5.41 Å². The molecule has 4 heteroatoms. The topological polar surface area (TPSA) is 56.4 Å². The molecule has 3 N–H and O–H groups in total. The fourth-order valence-corrected chi connectivity index (χ4v) is 2.92. The van der Waals surface area contributed by atoms with Gasteiger partial charge in [-0.25, -0.2) is 0 Å². The van der Waals surface area contributed by atoms with Crippen molar-refractivity contribution in [3.63, 3.8) is 0 Å². The normalized spacial score (nSPS) is 17.1. The van der Waals surface area contributed by atoms with Gasteiger partial charge in [0.05, 0.1) is 6.04 Å². The molecule has 0 spiro atoms. The molecule has 20 heavy (non-hydrogen) atoms. The fraction of sp³-hybridized carbons (Fsp3) is 0.562. The number of guanidine groups is 1. The van der Waals surface area contributed by atoms with Crippen LogP contribution in [0, 0.1) is 5.41 Å². The van der Waals surface area contributed by atoms with Crippen molar-refractivity contribution in [1.82, 2.24) is 4.90 Å². The van der Waals surface area contributed by atoms with Gasteiger partial charge in [0.1, 0.15) is 0 Å². The average Bonchev–Trinajstić information content (AvgIpc) is 2.75. The number of rotatable bonds is 6.